The number of anilines is 3. The quantitative estimate of drug-likeness (QED) is 0.225. The molecule has 2 aliphatic rings. The Morgan fingerprint density at radius 3 is 2.90 bits per heavy atom. The summed E-state index contributed by atoms with van der Waals surface area (Å²) in [6.07, 6.45) is 4.40. The number of likely N-dealkylation sites (tertiary alicyclic amines) is 1. The van der Waals surface area contributed by atoms with E-state index in [0.717, 1.165) is 18.8 Å². The lowest BCUT2D eigenvalue weighted by Crippen LogP contribution is -2.24. The van der Waals surface area contributed by atoms with Crippen molar-refractivity contribution >= 4 is 45.6 Å². The van der Waals surface area contributed by atoms with E-state index in [-0.39, 0.29) is 17.4 Å². The molecule has 6 rings (SSSR count). The molecule has 1 aliphatic carbocycles. The summed E-state index contributed by atoms with van der Waals surface area (Å²) in [4.78, 5) is 31.9. The van der Waals surface area contributed by atoms with Gasteiger partial charge < -0.3 is 15.4 Å². The average molecular weight is 577 g/mol. The van der Waals surface area contributed by atoms with E-state index in [4.69, 9.17) is 22.9 Å². The van der Waals surface area contributed by atoms with Crippen LogP contribution in [0, 0.1) is 30.2 Å². The van der Waals surface area contributed by atoms with Crippen molar-refractivity contribution < 1.29 is 9.53 Å². The summed E-state index contributed by atoms with van der Waals surface area (Å²) >= 11 is 6.52. The minimum atomic E-state index is -0.352. The molecule has 1 amide bonds. The SMILES string of the molecule is C#[N+][C@]12CN(C)C[C@H]1C2C#Cc1cc2ncnc(Nc3ccc(OCc4ccccn4)c(Cl)c3)c2cc1NC(=O)C=C. The molecule has 2 aromatic carbocycles. The molecule has 2 aromatic heterocycles. The molecule has 1 saturated carbocycles. The highest BCUT2D eigenvalue weighted by Crippen LogP contribution is 2.58. The number of nitrogens with zero attached hydrogens (tertiary/aromatic N) is 5. The predicted octanol–water partition coefficient (Wildman–Crippen LogP) is 5.37. The molecular formula is C32H27ClN7O2+. The van der Waals surface area contributed by atoms with Crippen molar-refractivity contribution in [2.75, 3.05) is 30.8 Å². The molecule has 0 bridgehead atoms. The second-order valence-corrected chi connectivity index (χ2v) is 10.8. The minimum Gasteiger partial charge on any atom is -0.486 e. The zero-order valence-electron chi connectivity index (χ0n) is 22.8. The summed E-state index contributed by atoms with van der Waals surface area (Å²) in [6, 6.07) is 14.7. The van der Waals surface area contributed by atoms with Gasteiger partial charge >= 0.3 is 5.54 Å². The number of fused-ring (bicyclic) bond motifs is 2. The van der Waals surface area contributed by atoms with Gasteiger partial charge in [-0.15, -0.1) is 0 Å². The minimum absolute atomic E-state index is 0.0700. The topological polar surface area (TPSA) is 96.6 Å². The number of hydrogen-bond donors (Lipinski definition) is 2. The van der Waals surface area contributed by atoms with Gasteiger partial charge in [0, 0.05) is 23.8 Å². The first-order valence-electron chi connectivity index (χ1n) is 13.3. The van der Waals surface area contributed by atoms with Crippen molar-refractivity contribution in [3.05, 3.63) is 94.8 Å². The zero-order chi connectivity index (χ0) is 29.3. The van der Waals surface area contributed by atoms with E-state index in [1.54, 1.807) is 24.4 Å². The lowest BCUT2D eigenvalue weighted by molar-refractivity contribution is -0.111. The number of aromatic nitrogens is 3. The van der Waals surface area contributed by atoms with Crippen LogP contribution in [0.3, 0.4) is 0 Å². The summed E-state index contributed by atoms with van der Waals surface area (Å²) in [7, 11) is 2.06. The summed E-state index contributed by atoms with van der Waals surface area (Å²) in [6.45, 7) is 11.3. The highest BCUT2D eigenvalue weighted by Gasteiger charge is 2.79. The third kappa shape index (κ3) is 5.24. The van der Waals surface area contributed by atoms with Crippen LogP contribution >= 0.6 is 11.6 Å². The van der Waals surface area contributed by atoms with E-state index in [1.165, 1.54) is 12.4 Å². The monoisotopic (exact) mass is 576 g/mol. The molecular weight excluding hydrogens is 550 g/mol. The first kappa shape index (κ1) is 27.2. The highest BCUT2D eigenvalue weighted by molar-refractivity contribution is 6.32. The number of carbonyl (C=O) groups is 1. The first-order chi connectivity index (χ1) is 20.4. The number of nitrogens with one attached hydrogen (secondary N) is 2. The van der Waals surface area contributed by atoms with Crippen LogP contribution in [0.4, 0.5) is 17.2 Å². The Morgan fingerprint density at radius 2 is 2.17 bits per heavy atom. The van der Waals surface area contributed by atoms with E-state index in [2.05, 4.69) is 60.8 Å². The van der Waals surface area contributed by atoms with E-state index in [9.17, 15) is 4.79 Å². The van der Waals surface area contributed by atoms with Crippen LogP contribution in [-0.2, 0) is 11.4 Å². The van der Waals surface area contributed by atoms with Crippen molar-refractivity contribution in [1.29, 1.82) is 0 Å². The summed E-state index contributed by atoms with van der Waals surface area (Å²) in [5, 5.41) is 7.30. The molecule has 0 spiro atoms. The van der Waals surface area contributed by atoms with Gasteiger partial charge in [0.25, 0.3) is 6.57 Å². The van der Waals surface area contributed by atoms with Crippen molar-refractivity contribution in [2.24, 2.45) is 11.8 Å². The first-order valence-corrected chi connectivity index (χ1v) is 13.7. The fourth-order valence-electron chi connectivity index (χ4n) is 5.47. The molecule has 3 atom stereocenters. The maximum atomic E-state index is 12.3. The van der Waals surface area contributed by atoms with Crippen LogP contribution in [-0.4, -0.2) is 51.4 Å². The van der Waals surface area contributed by atoms with Crippen LogP contribution in [0.15, 0.2) is 73.7 Å². The second-order valence-electron chi connectivity index (χ2n) is 10.4. The molecule has 1 unspecified atom stereocenters. The Morgan fingerprint density at radius 1 is 1.29 bits per heavy atom. The third-order valence-corrected chi connectivity index (χ3v) is 7.92. The zero-order valence-corrected chi connectivity index (χ0v) is 23.6. The number of piperidine rings is 1. The maximum absolute atomic E-state index is 12.3. The van der Waals surface area contributed by atoms with Gasteiger partial charge in [0.1, 0.15) is 30.4 Å². The maximum Gasteiger partial charge on any atom is 0.312 e. The summed E-state index contributed by atoms with van der Waals surface area (Å²) < 4.78 is 5.84. The Kier molecular flexibility index (Phi) is 7.22. The molecule has 10 heteroatoms. The number of pyridine rings is 1. The Balaban J connectivity index is 1.27. The summed E-state index contributed by atoms with van der Waals surface area (Å²) in [5.74, 6) is 7.71. The van der Waals surface area contributed by atoms with Crippen molar-refractivity contribution in [3.8, 4) is 24.2 Å². The number of likely N-dealkylation sites (N-methyl/N-ethyl adjacent to an activating group) is 1. The summed E-state index contributed by atoms with van der Waals surface area (Å²) in [5.41, 5.74) is 2.99. The standard InChI is InChI=1S/C32H26ClN7O2/c1-4-30(41)39-27-15-23-28(13-20(27)8-10-24-25-16-40(3)18-32(24,25)34-2)36-19-37-31(23)38-21-9-11-29(26(33)14-21)42-17-22-7-5-6-12-35-22/h2,4-7,9,11-15,19,24-25H,1,16-18H2,3H3,(H-,36,37,38,39,41)/p+1/t24?,25-,32-/m0/s1. The lowest BCUT2D eigenvalue weighted by atomic mass is 10.1. The Bertz CT molecular complexity index is 1810. The number of benzene rings is 2. The van der Waals surface area contributed by atoms with Crippen LogP contribution in [0.25, 0.3) is 15.7 Å². The number of ether oxygens (including phenoxy) is 1. The van der Waals surface area contributed by atoms with Gasteiger partial charge in [-0.25, -0.2) is 9.97 Å². The van der Waals surface area contributed by atoms with Gasteiger partial charge in [-0.1, -0.05) is 40.9 Å². The molecule has 42 heavy (non-hydrogen) atoms. The number of amides is 1. The highest BCUT2D eigenvalue weighted by atomic mass is 35.5. The van der Waals surface area contributed by atoms with Crippen LogP contribution in [0.1, 0.15) is 11.3 Å². The smallest absolute Gasteiger partial charge is 0.312 e. The number of hydrogen-bond acceptors (Lipinski definition) is 7. The largest absolute Gasteiger partial charge is 0.486 e. The second kappa shape index (κ2) is 11.1. The van der Waals surface area contributed by atoms with Crippen LogP contribution in [0.5, 0.6) is 5.75 Å². The molecule has 208 valence electrons. The Hall–Kier alpha value is -4.96. The van der Waals surface area contributed by atoms with E-state index < -0.39 is 0 Å². The fourth-order valence-corrected chi connectivity index (χ4v) is 5.71. The van der Waals surface area contributed by atoms with Crippen molar-refractivity contribution in [3.63, 3.8) is 0 Å². The molecule has 1 aliphatic heterocycles. The van der Waals surface area contributed by atoms with Gasteiger partial charge in [0.05, 0.1) is 39.9 Å². The molecule has 2 N–H and O–H groups in total. The molecule has 2 fully saturated rings. The van der Waals surface area contributed by atoms with Gasteiger partial charge in [0.15, 0.2) is 0 Å². The van der Waals surface area contributed by atoms with Crippen molar-refractivity contribution in [1.82, 2.24) is 19.9 Å². The molecule has 4 aromatic rings. The normalized spacial score (nSPS) is 20.5. The predicted molar refractivity (Wildman–Crippen MR) is 164 cm³/mol. The van der Waals surface area contributed by atoms with Gasteiger partial charge in [0.2, 0.25) is 5.91 Å². The lowest BCUT2D eigenvalue weighted by Gasteiger charge is -2.13. The van der Waals surface area contributed by atoms with Crippen LogP contribution in [0.2, 0.25) is 5.02 Å². The number of carbonyl (C=O) groups excluding carboxylic acids is 1. The number of rotatable bonds is 7. The molecule has 1 saturated heterocycles. The van der Waals surface area contributed by atoms with E-state index in [1.807, 2.05) is 30.3 Å². The van der Waals surface area contributed by atoms with Gasteiger partial charge in [-0.3, -0.25) is 14.7 Å². The van der Waals surface area contributed by atoms with Gasteiger partial charge in [-0.2, -0.15) is 0 Å². The van der Waals surface area contributed by atoms with E-state index >= 15 is 0 Å². The molecule has 3 heterocycles. The molecule has 9 nitrogen and oxygen atoms in total. The van der Waals surface area contributed by atoms with E-state index in [0.29, 0.717) is 57.0 Å². The average Bonchev–Trinajstić information content (AvgIpc) is 3.42. The van der Waals surface area contributed by atoms with Crippen LogP contribution < -0.4 is 15.4 Å². The number of halogens is 1. The molecule has 0 radical (unpaired) electrons. The third-order valence-electron chi connectivity index (χ3n) is 7.62. The fraction of sp³-hybridized carbons (Fsp3) is 0.219. The Labute approximate surface area is 248 Å². The van der Waals surface area contributed by atoms with Gasteiger partial charge in [-0.05, 0) is 55.6 Å². The van der Waals surface area contributed by atoms with Crippen molar-refractivity contribution in [2.45, 2.75) is 12.1 Å².